The molecular formula is C21H21ClN2O2. The van der Waals surface area contributed by atoms with Gasteiger partial charge in [-0.1, -0.05) is 49.7 Å². The van der Waals surface area contributed by atoms with Gasteiger partial charge < -0.3 is 5.32 Å². The summed E-state index contributed by atoms with van der Waals surface area (Å²) < 4.78 is 0. The highest BCUT2D eigenvalue weighted by atomic mass is 35.5. The number of carbonyl (C=O) groups excluding carboxylic acids is 2. The fourth-order valence-corrected chi connectivity index (χ4v) is 3.09. The first-order valence-electron chi connectivity index (χ1n) is 8.53. The molecule has 0 aromatic heterocycles. The van der Waals surface area contributed by atoms with Crippen LogP contribution in [0.1, 0.15) is 36.5 Å². The predicted molar refractivity (Wildman–Crippen MR) is 105 cm³/mol. The minimum absolute atomic E-state index is 0.0937. The van der Waals surface area contributed by atoms with Crippen LogP contribution in [0.3, 0.4) is 0 Å². The molecule has 0 spiro atoms. The van der Waals surface area contributed by atoms with E-state index in [1.54, 1.807) is 12.1 Å². The predicted octanol–water partition coefficient (Wildman–Crippen LogP) is 4.86. The highest BCUT2D eigenvalue weighted by Gasteiger charge is 2.39. The average Bonchev–Trinajstić information content (AvgIpc) is 2.82. The maximum Gasteiger partial charge on any atom is 0.283 e. The number of amides is 2. The Hall–Kier alpha value is -2.59. The Morgan fingerprint density at radius 3 is 2.23 bits per heavy atom. The van der Waals surface area contributed by atoms with Crippen molar-refractivity contribution in [2.45, 2.75) is 33.6 Å². The van der Waals surface area contributed by atoms with E-state index in [4.69, 9.17) is 11.6 Å². The van der Waals surface area contributed by atoms with Crippen LogP contribution >= 0.6 is 11.6 Å². The Morgan fingerprint density at radius 2 is 1.62 bits per heavy atom. The number of benzene rings is 2. The number of rotatable bonds is 4. The second-order valence-electron chi connectivity index (χ2n) is 6.75. The van der Waals surface area contributed by atoms with E-state index in [2.05, 4.69) is 19.2 Å². The maximum atomic E-state index is 12.8. The lowest BCUT2D eigenvalue weighted by Gasteiger charge is -2.17. The van der Waals surface area contributed by atoms with Crippen molar-refractivity contribution in [3.8, 4) is 0 Å². The summed E-state index contributed by atoms with van der Waals surface area (Å²) in [6, 6.07) is 13.1. The first-order chi connectivity index (χ1) is 12.3. The van der Waals surface area contributed by atoms with Crippen molar-refractivity contribution >= 4 is 34.8 Å². The Kier molecular flexibility index (Phi) is 4.88. The van der Waals surface area contributed by atoms with Gasteiger partial charge >= 0.3 is 0 Å². The summed E-state index contributed by atoms with van der Waals surface area (Å²) in [5.74, 6) is -0.586. The van der Waals surface area contributed by atoms with Crippen molar-refractivity contribution in [3.63, 3.8) is 0 Å². The molecule has 0 atom stereocenters. The SMILES string of the molecule is Cc1cccc(NC2=C(Cl)C(=O)N(c3ccc(C(C)C)cc3)C2=O)c1C. The van der Waals surface area contributed by atoms with Crippen LogP contribution in [-0.4, -0.2) is 11.8 Å². The van der Waals surface area contributed by atoms with E-state index in [0.717, 1.165) is 27.3 Å². The standard InChI is InChI=1S/C21H21ClN2O2/c1-12(2)15-8-10-16(11-9-15)24-20(25)18(22)19(21(24)26)23-17-7-5-6-13(3)14(17)4/h5-12,23H,1-4H3. The van der Waals surface area contributed by atoms with Crippen LogP contribution in [0.4, 0.5) is 11.4 Å². The van der Waals surface area contributed by atoms with Gasteiger partial charge in [-0.3, -0.25) is 9.59 Å². The lowest BCUT2D eigenvalue weighted by molar-refractivity contribution is -0.120. The molecule has 1 aliphatic rings. The van der Waals surface area contributed by atoms with E-state index in [1.807, 2.05) is 44.2 Å². The zero-order valence-electron chi connectivity index (χ0n) is 15.3. The van der Waals surface area contributed by atoms with Crippen molar-refractivity contribution in [2.75, 3.05) is 10.2 Å². The van der Waals surface area contributed by atoms with Gasteiger partial charge in [-0.25, -0.2) is 4.90 Å². The van der Waals surface area contributed by atoms with Crippen molar-refractivity contribution < 1.29 is 9.59 Å². The summed E-state index contributed by atoms with van der Waals surface area (Å²) in [6.07, 6.45) is 0. The van der Waals surface area contributed by atoms with Gasteiger partial charge in [0.2, 0.25) is 0 Å². The minimum Gasteiger partial charge on any atom is -0.349 e. The van der Waals surface area contributed by atoms with E-state index in [9.17, 15) is 9.59 Å². The van der Waals surface area contributed by atoms with Crippen molar-refractivity contribution in [1.29, 1.82) is 0 Å². The van der Waals surface area contributed by atoms with E-state index in [0.29, 0.717) is 11.6 Å². The number of hydrogen-bond acceptors (Lipinski definition) is 3. The van der Waals surface area contributed by atoms with E-state index < -0.39 is 11.8 Å². The fourth-order valence-electron chi connectivity index (χ4n) is 2.88. The third-order valence-corrected chi connectivity index (χ3v) is 5.06. The molecule has 1 heterocycles. The zero-order valence-corrected chi connectivity index (χ0v) is 16.0. The lowest BCUT2D eigenvalue weighted by Crippen LogP contribution is -2.32. The van der Waals surface area contributed by atoms with Crippen LogP contribution in [0.25, 0.3) is 0 Å². The second-order valence-corrected chi connectivity index (χ2v) is 7.13. The van der Waals surface area contributed by atoms with Crippen molar-refractivity contribution in [1.82, 2.24) is 0 Å². The highest BCUT2D eigenvalue weighted by molar-refractivity contribution is 6.53. The molecule has 1 N–H and O–H groups in total. The summed E-state index contributed by atoms with van der Waals surface area (Å²) in [5.41, 5.74) is 4.62. The third kappa shape index (κ3) is 3.13. The number of halogens is 1. The normalized spacial score (nSPS) is 14.6. The van der Waals surface area contributed by atoms with Gasteiger partial charge in [0.1, 0.15) is 10.7 Å². The molecule has 0 saturated carbocycles. The molecule has 1 aliphatic heterocycles. The Morgan fingerprint density at radius 1 is 0.962 bits per heavy atom. The molecule has 2 amide bonds. The average molecular weight is 369 g/mol. The number of nitrogens with zero attached hydrogens (tertiary/aromatic N) is 1. The van der Waals surface area contributed by atoms with Crippen molar-refractivity contribution in [3.05, 3.63) is 69.9 Å². The Bertz CT molecular complexity index is 914. The summed E-state index contributed by atoms with van der Waals surface area (Å²) in [5, 5.41) is 2.95. The van der Waals surface area contributed by atoms with Crippen LogP contribution in [-0.2, 0) is 9.59 Å². The summed E-state index contributed by atoms with van der Waals surface area (Å²) in [7, 11) is 0. The molecule has 0 fully saturated rings. The summed E-state index contributed by atoms with van der Waals surface area (Å²) >= 11 is 6.20. The molecule has 26 heavy (non-hydrogen) atoms. The van der Waals surface area contributed by atoms with Gasteiger partial charge in [-0.2, -0.15) is 0 Å². The maximum absolute atomic E-state index is 12.8. The monoisotopic (exact) mass is 368 g/mol. The largest absolute Gasteiger partial charge is 0.349 e. The smallest absolute Gasteiger partial charge is 0.283 e. The van der Waals surface area contributed by atoms with E-state index in [-0.39, 0.29) is 10.7 Å². The molecule has 5 heteroatoms. The molecule has 0 unspecified atom stereocenters. The molecule has 134 valence electrons. The Labute approximate surface area is 158 Å². The van der Waals surface area contributed by atoms with E-state index >= 15 is 0 Å². The molecule has 2 aromatic rings. The van der Waals surface area contributed by atoms with Crippen LogP contribution in [0.5, 0.6) is 0 Å². The van der Waals surface area contributed by atoms with Gasteiger partial charge in [0.05, 0.1) is 5.69 Å². The van der Waals surface area contributed by atoms with Crippen LogP contribution in [0.15, 0.2) is 53.2 Å². The summed E-state index contributed by atoms with van der Waals surface area (Å²) in [6.45, 7) is 8.12. The lowest BCUT2D eigenvalue weighted by atomic mass is 10.0. The molecule has 0 bridgehead atoms. The van der Waals surface area contributed by atoms with E-state index in [1.165, 1.54) is 0 Å². The number of carbonyl (C=O) groups is 2. The van der Waals surface area contributed by atoms with Crippen molar-refractivity contribution in [2.24, 2.45) is 0 Å². The molecule has 2 aromatic carbocycles. The summed E-state index contributed by atoms with van der Waals surface area (Å²) in [4.78, 5) is 26.5. The topological polar surface area (TPSA) is 49.4 Å². The number of nitrogens with one attached hydrogen (secondary N) is 1. The first-order valence-corrected chi connectivity index (χ1v) is 8.90. The van der Waals surface area contributed by atoms with Crippen LogP contribution in [0.2, 0.25) is 0 Å². The van der Waals surface area contributed by atoms with Gasteiger partial charge in [0.15, 0.2) is 0 Å². The zero-order chi connectivity index (χ0) is 19.0. The number of aryl methyl sites for hydroxylation is 1. The first kappa shape index (κ1) is 18.2. The molecule has 4 nitrogen and oxygen atoms in total. The van der Waals surface area contributed by atoms with Gasteiger partial charge in [-0.05, 0) is 54.7 Å². The molecule has 0 aliphatic carbocycles. The molecule has 0 radical (unpaired) electrons. The van der Waals surface area contributed by atoms with Crippen LogP contribution < -0.4 is 10.2 Å². The number of anilines is 2. The second kappa shape index (κ2) is 6.96. The fraction of sp³-hybridized carbons (Fsp3) is 0.238. The minimum atomic E-state index is -0.512. The Balaban J connectivity index is 1.91. The van der Waals surface area contributed by atoms with Gasteiger partial charge in [0.25, 0.3) is 11.8 Å². The molecule has 3 rings (SSSR count). The van der Waals surface area contributed by atoms with Crippen LogP contribution in [0, 0.1) is 13.8 Å². The van der Waals surface area contributed by atoms with Gasteiger partial charge in [0, 0.05) is 5.69 Å². The quantitative estimate of drug-likeness (QED) is 0.784. The van der Waals surface area contributed by atoms with Gasteiger partial charge in [-0.15, -0.1) is 0 Å². The number of hydrogen-bond donors (Lipinski definition) is 1. The number of imide groups is 1. The molecular weight excluding hydrogens is 348 g/mol. The highest BCUT2D eigenvalue weighted by Crippen LogP contribution is 2.31. The molecule has 0 saturated heterocycles. The third-order valence-electron chi connectivity index (χ3n) is 4.71.